The first-order valence-corrected chi connectivity index (χ1v) is 12.3. The number of benzene rings is 1. The van der Waals surface area contributed by atoms with Crippen LogP contribution in [-0.4, -0.2) is 40.8 Å². The van der Waals surface area contributed by atoms with Crippen LogP contribution in [0.25, 0.3) is 0 Å². The van der Waals surface area contributed by atoms with E-state index in [0.717, 1.165) is 32.6 Å². The zero-order valence-electron chi connectivity index (χ0n) is 21.5. The van der Waals surface area contributed by atoms with Crippen LogP contribution in [-0.2, 0) is 30.3 Å². The Morgan fingerprint density at radius 1 is 0.914 bits per heavy atom. The maximum atomic E-state index is 12.4. The van der Waals surface area contributed by atoms with E-state index < -0.39 is 29.6 Å². The van der Waals surface area contributed by atoms with Gasteiger partial charge in [-0.1, -0.05) is 45.6 Å². The largest absolute Gasteiger partial charge is 0.477 e. The first-order valence-electron chi connectivity index (χ1n) is 12.3. The van der Waals surface area contributed by atoms with Crippen molar-refractivity contribution in [3.05, 3.63) is 23.8 Å². The van der Waals surface area contributed by atoms with Crippen molar-refractivity contribution in [2.45, 2.75) is 104 Å². The van der Waals surface area contributed by atoms with Gasteiger partial charge in [-0.3, -0.25) is 19.7 Å². The van der Waals surface area contributed by atoms with Crippen molar-refractivity contribution in [3.8, 4) is 11.5 Å². The molecule has 0 heterocycles. The van der Waals surface area contributed by atoms with E-state index in [0.29, 0.717) is 18.4 Å². The maximum Gasteiger partial charge on any atom is 0.364 e. The highest BCUT2D eigenvalue weighted by atomic mass is 16.6. The van der Waals surface area contributed by atoms with Crippen LogP contribution in [0.15, 0.2) is 18.2 Å². The molecule has 9 heteroatoms. The minimum atomic E-state index is -2.03. The number of rotatable bonds is 16. The van der Waals surface area contributed by atoms with Gasteiger partial charge in [0.05, 0.1) is 0 Å². The second-order valence-electron chi connectivity index (χ2n) is 8.85. The van der Waals surface area contributed by atoms with Gasteiger partial charge in [-0.05, 0) is 44.4 Å². The molecule has 0 unspecified atom stereocenters. The number of esters is 3. The lowest BCUT2D eigenvalue weighted by Crippen LogP contribution is -2.59. The summed E-state index contributed by atoms with van der Waals surface area (Å²) in [5, 5.41) is 12.7. The zero-order chi connectivity index (χ0) is 26.4. The molecule has 35 heavy (non-hydrogen) atoms. The molecule has 0 radical (unpaired) electrons. The number of carboxylic acid groups (broad SMARTS) is 1. The second-order valence-corrected chi connectivity index (χ2v) is 8.85. The number of unbranched alkanes of at least 4 members (excludes halogenated alkanes) is 4. The highest BCUT2D eigenvalue weighted by molar-refractivity contribution is 5.81. The van der Waals surface area contributed by atoms with Crippen molar-refractivity contribution in [2.75, 3.05) is 0 Å². The molecule has 1 atom stereocenters. The third kappa shape index (κ3) is 10.9. The quantitative estimate of drug-likeness (QED) is 0.148. The SMILES string of the molecule is CCCCCC(=O)Oc1ccc(C[C@](NC(C)C)(OC(C)=O)C(=O)O)cc1OC(=O)CCCCC. The molecule has 196 valence electrons. The molecule has 1 rings (SSSR count). The third-order valence-corrected chi connectivity index (χ3v) is 5.06. The normalized spacial score (nSPS) is 12.6. The molecule has 0 saturated carbocycles. The topological polar surface area (TPSA) is 128 Å². The van der Waals surface area contributed by atoms with Crippen LogP contribution in [0.1, 0.15) is 91.5 Å². The van der Waals surface area contributed by atoms with Crippen molar-refractivity contribution in [1.82, 2.24) is 5.32 Å². The Labute approximate surface area is 207 Å². The molecule has 0 amide bonds. The van der Waals surface area contributed by atoms with E-state index in [1.54, 1.807) is 19.9 Å². The minimum absolute atomic E-state index is 0.0134. The van der Waals surface area contributed by atoms with Gasteiger partial charge in [-0.15, -0.1) is 0 Å². The van der Waals surface area contributed by atoms with E-state index in [1.807, 2.05) is 13.8 Å². The van der Waals surface area contributed by atoms with Crippen molar-refractivity contribution in [3.63, 3.8) is 0 Å². The Balaban J connectivity index is 3.27. The summed E-state index contributed by atoms with van der Waals surface area (Å²) in [4.78, 5) is 48.5. The Morgan fingerprint density at radius 3 is 1.91 bits per heavy atom. The standard InChI is InChI=1S/C26H39NO8/c1-6-8-10-12-23(29)33-21-15-14-20(16-22(21)34-24(30)13-11-9-7-2)17-26(25(31)32,27-18(3)4)35-19(5)28/h14-16,18,27H,6-13,17H2,1-5H3,(H,31,32)/t26-/m0/s1. The van der Waals surface area contributed by atoms with Crippen molar-refractivity contribution < 1.29 is 38.5 Å². The van der Waals surface area contributed by atoms with E-state index in [4.69, 9.17) is 14.2 Å². The van der Waals surface area contributed by atoms with E-state index in [-0.39, 0.29) is 36.8 Å². The summed E-state index contributed by atoms with van der Waals surface area (Å²) in [6.45, 7) is 8.64. The van der Waals surface area contributed by atoms with Gasteiger partial charge in [0.1, 0.15) is 0 Å². The molecule has 0 bridgehead atoms. The lowest BCUT2D eigenvalue weighted by Gasteiger charge is -2.32. The van der Waals surface area contributed by atoms with Crippen molar-refractivity contribution in [1.29, 1.82) is 0 Å². The highest BCUT2D eigenvalue weighted by Crippen LogP contribution is 2.31. The van der Waals surface area contributed by atoms with Crippen LogP contribution in [0.3, 0.4) is 0 Å². The summed E-state index contributed by atoms with van der Waals surface area (Å²) in [7, 11) is 0. The van der Waals surface area contributed by atoms with Crippen LogP contribution >= 0.6 is 0 Å². The van der Waals surface area contributed by atoms with Gasteiger partial charge in [-0.2, -0.15) is 0 Å². The minimum Gasteiger partial charge on any atom is -0.477 e. The smallest absolute Gasteiger partial charge is 0.364 e. The second kappa shape index (κ2) is 15.1. The van der Waals surface area contributed by atoms with Gasteiger partial charge in [0, 0.05) is 32.2 Å². The molecule has 0 spiro atoms. The van der Waals surface area contributed by atoms with Crippen molar-refractivity contribution in [2.24, 2.45) is 0 Å². The van der Waals surface area contributed by atoms with E-state index in [9.17, 15) is 24.3 Å². The average Bonchev–Trinajstić information content (AvgIpc) is 2.74. The van der Waals surface area contributed by atoms with E-state index in [2.05, 4.69) is 5.32 Å². The lowest BCUT2D eigenvalue weighted by atomic mass is 10.0. The average molecular weight is 494 g/mol. The van der Waals surface area contributed by atoms with Gasteiger partial charge >= 0.3 is 23.9 Å². The molecule has 1 aromatic rings. The third-order valence-electron chi connectivity index (χ3n) is 5.06. The van der Waals surface area contributed by atoms with Gasteiger partial charge in [0.25, 0.3) is 5.72 Å². The summed E-state index contributed by atoms with van der Waals surface area (Å²) in [5.74, 6) is -2.98. The number of hydrogen-bond donors (Lipinski definition) is 2. The molecular weight excluding hydrogens is 454 g/mol. The number of hydrogen-bond acceptors (Lipinski definition) is 8. The zero-order valence-corrected chi connectivity index (χ0v) is 21.5. The number of carboxylic acids is 1. The van der Waals surface area contributed by atoms with Gasteiger partial charge < -0.3 is 19.3 Å². The Kier molecular flexibility index (Phi) is 13.0. The van der Waals surface area contributed by atoms with Crippen LogP contribution in [0.4, 0.5) is 0 Å². The summed E-state index contributed by atoms with van der Waals surface area (Å²) in [6.07, 6.45) is 5.20. The predicted octanol–water partition coefficient (Wildman–Crippen LogP) is 4.54. The molecule has 0 aromatic heterocycles. The van der Waals surface area contributed by atoms with Crippen LogP contribution in [0, 0.1) is 0 Å². The van der Waals surface area contributed by atoms with E-state index in [1.165, 1.54) is 12.1 Å². The van der Waals surface area contributed by atoms with Crippen LogP contribution in [0.5, 0.6) is 11.5 Å². The summed E-state index contributed by atoms with van der Waals surface area (Å²) in [5.41, 5.74) is -1.62. The molecule has 2 N–H and O–H groups in total. The fourth-order valence-electron chi connectivity index (χ4n) is 3.51. The first-order chi connectivity index (χ1) is 16.5. The van der Waals surface area contributed by atoms with Crippen LogP contribution in [0.2, 0.25) is 0 Å². The molecule has 9 nitrogen and oxygen atoms in total. The molecule has 0 aliphatic carbocycles. The number of aliphatic carboxylic acids is 1. The molecule has 0 aliphatic heterocycles. The Morgan fingerprint density at radius 2 is 1.46 bits per heavy atom. The van der Waals surface area contributed by atoms with Crippen LogP contribution < -0.4 is 14.8 Å². The van der Waals surface area contributed by atoms with Gasteiger partial charge in [0.15, 0.2) is 11.5 Å². The van der Waals surface area contributed by atoms with Gasteiger partial charge in [0.2, 0.25) is 0 Å². The molecule has 0 fully saturated rings. The number of carbonyl (C=O) groups excluding carboxylic acids is 3. The Hall–Kier alpha value is -2.94. The number of carbonyl (C=O) groups is 4. The highest BCUT2D eigenvalue weighted by Gasteiger charge is 2.43. The summed E-state index contributed by atoms with van der Waals surface area (Å²) in [6, 6.07) is 4.13. The molecule has 0 saturated heterocycles. The molecule has 1 aromatic carbocycles. The monoisotopic (exact) mass is 493 g/mol. The summed E-state index contributed by atoms with van der Waals surface area (Å²) >= 11 is 0. The van der Waals surface area contributed by atoms with E-state index >= 15 is 0 Å². The number of ether oxygens (including phenoxy) is 3. The molecule has 0 aliphatic rings. The maximum absolute atomic E-state index is 12.4. The van der Waals surface area contributed by atoms with Crippen molar-refractivity contribution >= 4 is 23.9 Å². The molecular formula is C26H39NO8. The lowest BCUT2D eigenvalue weighted by molar-refractivity contribution is -0.182. The fourth-order valence-corrected chi connectivity index (χ4v) is 3.51. The summed E-state index contributed by atoms with van der Waals surface area (Å²) < 4.78 is 16.2. The van der Waals surface area contributed by atoms with Gasteiger partial charge in [-0.25, -0.2) is 4.79 Å². The first kappa shape index (κ1) is 30.1. The number of nitrogens with one attached hydrogen (secondary N) is 1. The predicted molar refractivity (Wildman–Crippen MR) is 130 cm³/mol. The Bertz CT molecular complexity index is 867. The fraction of sp³-hybridized carbons (Fsp3) is 0.615.